The zero-order valence-corrected chi connectivity index (χ0v) is 8.14. The molecule has 14 heavy (non-hydrogen) atoms. The van der Waals surface area contributed by atoms with Crippen molar-refractivity contribution < 1.29 is 8.78 Å². The van der Waals surface area contributed by atoms with Gasteiger partial charge < -0.3 is 5.73 Å². The predicted molar refractivity (Wildman–Crippen MR) is 54.5 cm³/mol. The van der Waals surface area contributed by atoms with Gasteiger partial charge in [0.1, 0.15) is 0 Å². The smallest absolute Gasteiger partial charge is 0.263 e. The van der Waals surface area contributed by atoms with Gasteiger partial charge in [0.25, 0.3) is 6.43 Å². The molecule has 1 aromatic rings. The van der Waals surface area contributed by atoms with Gasteiger partial charge in [-0.05, 0) is 17.7 Å². The predicted octanol–water partition coefficient (Wildman–Crippen LogP) is 3.25. The highest BCUT2D eigenvalue weighted by Gasteiger charge is 2.08. The molecule has 0 heterocycles. The molecule has 0 amide bonds. The fourth-order valence-corrected chi connectivity index (χ4v) is 1.20. The summed E-state index contributed by atoms with van der Waals surface area (Å²) in [6.07, 6.45) is 0.822. The molecule has 0 saturated heterocycles. The van der Waals surface area contributed by atoms with Crippen LogP contribution in [0.3, 0.4) is 0 Å². The highest BCUT2D eigenvalue weighted by molar-refractivity contribution is 6.32. The Morgan fingerprint density at radius 1 is 1.43 bits per heavy atom. The van der Waals surface area contributed by atoms with Gasteiger partial charge in [0.05, 0.1) is 0 Å². The van der Waals surface area contributed by atoms with Crippen LogP contribution in [-0.4, -0.2) is 6.54 Å². The first kappa shape index (κ1) is 11.1. The number of hydrogen-bond donors (Lipinski definition) is 1. The third-order valence-electron chi connectivity index (χ3n) is 1.71. The van der Waals surface area contributed by atoms with Crippen LogP contribution >= 0.6 is 11.6 Å². The topological polar surface area (TPSA) is 26.0 Å². The molecule has 2 N–H and O–H groups in total. The minimum Gasteiger partial charge on any atom is -0.327 e. The van der Waals surface area contributed by atoms with Gasteiger partial charge in [-0.15, -0.1) is 0 Å². The van der Waals surface area contributed by atoms with Crippen LogP contribution in [-0.2, 0) is 0 Å². The molecule has 0 aromatic heterocycles. The van der Waals surface area contributed by atoms with Crippen LogP contribution in [0.15, 0.2) is 24.3 Å². The van der Waals surface area contributed by atoms with Crippen molar-refractivity contribution in [3.8, 4) is 0 Å². The van der Waals surface area contributed by atoms with Gasteiger partial charge in [-0.2, -0.15) is 0 Å². The summed E-state index contributed by atoms with van der Waals surface area (Å²) in [4.78, 5) is 0. The second-order valence-corrected chi connectivity index (χ2v) is 3.13. The first-order valence-electron chi connectivity index (χ1n) is 4.09. The second-order valence-electron chi connectivity index (χ2n) is 2.72. The Morgan fingerprint density at radius 3 is 2.71 bits per heavy atom. The fourth-order valence-electron chi connectivity index (χ4n) is 1.02. The van der Waals surface area contributed by atoms with Gasteiger partial charge >= 0.3 is 0 Å². The maximum absolute atomic E-state index is 12.3. The molecule has 0 radical (unpaired) electrons. The monoisotopic (exact) mass is 217 g/mol. The number of benzene rings is 1. The van der Waals surface area contributed by atoms with Crippen LogP contribution in [0.5, 0.6) is 0 Å². The summed E-state index contributed by atoms with van der Waals surface area (Å²) in [6.45, 7) is 0.356. The molecule has 0 aliphatic heterocycles. The first-order chi connectivity index (χ1) is 6.65. The second kappa shape index (κ2) is 5.08. The lowest BCUT2D eigenvalue weighted by molar-refractivity contribution is 0.151. The molecule has 0 fully saturated rings. The molecule has 4 heteroatoms. The first-order valence-corrected chi connectivity index (χ1v) is 4.47. The third-order valence-corrected chi connectivity index (χ3v) is 2.05. The van der Waals surface area contributed by atoms with Crippen molar-refractivity contribution in [1.82, 2.24) is 0 Å². The van der Waals surface area contributed by atoms with Crippen LogP contribution in [0.2, 0.25) is 5.02 Å². The molecule has 0 spiro atoms. The molecular weight excluding hydrogens is 208 g/mol. The standard InChI is InChI=1S/C10H10ClF2N/c11-9-4-3-8(10(12)13)6-7(9)2-1-5-14/h1-4,6,10H,5,14H2/b2-1+. The average molecular weight is 218 g/mol. The number of nitrogens with two attached hydrogens (primary N) is 1. The van der Waals surface area contributed by atoms with Gasteiger partial charge in [0.2, 0.25) is 0 Å². The van der Waals surface area contributed by atoms with Crippen molar-refractivity contribution in [2.24, 2.45) is 5.73 Å². The molecule has 76 valence electrons. The summed E-state index contributed by atoms with van der Waals surface area (Å²) in [6, 6.07) is 4.13. The molecule has 0 aliphatic rings. The van der Waals surface area contributed by atoms with Crippen molar-refractivity contribution in [2.75, 3.05) is 6.54 Å². The van der Waals surface area contributed by atoms with E-state index < -0.39 is 6.43 Å². The SMILES string of the molecule is NC/C=C/c1cc(C(F)F)ccc1Cl. The molecule has 1 rings (SSSR count). The molecule has 0 unspecified atom stereocenters. The quantitative estimate of drug-likeness (QED) is 0.827. The van der Waals surface area contributed by atoms with Gasteiger partial charge in [-0.25, -0.2) is 8.78 Å². The van der Waals surface area contributed by atoms with E-state index in [1.807, 2.05) is 0 Å². The Labute approximate surface area is 86.2 Å². The van der Waals surface area contributed by atoms with Gasteiger partial charge in [-0.1, -0.05) is 29.8 Å². The maximum Gasteiger partial charge on any atom is 0.263 e. The van der Waals surface area contributed by atoms with E-state index in [-0.39, 0.29) is 5.56 Å². The summed E-state index contributed by atoms with van der Waals surface area (Å²) in [5, 5.41) is 0.444. The molecule has 0 saturated carbocycles. The Bertz CT molecular complexity index is 337. The minimum atomic E-state index is -2.47. The number of hydrogen-bond acceptors (Lipinski definition) is 1. The molecular formula is C10H10ClF2N. The van der Waals surface area contributed by atoms with Gasteiger partial charge in [-0.3, -0.25) is 0 Å². The Kier molecular flexibility index (Phi) is 4.04. The number of halogens is 3. The molecule has 1 nitrogen and oxygen atoms in total. The van der Waals surface area contributed by atoms with Crippen LogP contribution < -0.4 is 5.73 Å². The summed E-state index contributed by atoms with van der Waals surface area (Å²) in [7, 11) is 0. The number of alkyl halides is 2. The zero-order valence-electron chi connectivity index (χ0n) is 7.38. The van der Waals surface area contributed by atoms with Crippen LogP contribution in [0.25, 0.3) is 6.08 Å². The third kappa shape index (κ3) is 2.79. The molecule has 0 aliphatic carbocycles. The van der Waals surface area contributed by atoms with Crippen molar-refractivity contribution in [2.45, 2.75) is 6.43 Å². The highest BCUT2D eigenvalue weighted by atomic mass is 35.5. The maximum atomic E-state index is 12.3. The van der Waals surface area contributed by atoms with Gasteiger partial charge in [0.15, 0.2) is 0 Å². The lowest BCUT2D eigenvalue weighted by atomic mass is 10.1. The highest BCUT2D eigenvalue weighted by Crippen LogP contribution is 2.25. The summed E-state index contributed by atoms with van der Waals surface area (Å²) < 4.78 is 24.6. The van der Waals surface area contributed by atoms with Crippen molar-refractivity contribution in [1.29, 1.82) is 0 Å². The summed E-state index contributed by atoms with van der Waals surface area (Å²) >= 11 is 5.80. The van der Waals surface area contributed by atoms with Crippen molar-refractivity contribution in [3.63, 3.8) is 0 Å². The summed E-state index contributed by atoms with van der Waals surface area (Å²) in [5.41, 5.74) is 5.77. The lowest BCUT2D eigenvalue weighted by Gasteiger charge is -2.03. The Balaban J connectivity index is 3.02. The van der Waals surface area contributed by atoms with E-state index in [2.05, 4.69) is 0 Å². The Hall–Kier alpha value is -0.930. The zero-order chi connectivity index (χ0) is 10.6. The Morgan fingerprint density at radius 2 is 2.14 bits per heavy atom. The number of rotatable bonds is 3. The largest absolute Gasteiger partial charge is 0.327 e. The molecule has 0 bridgehead atoms. The minimum absolute atomic E-state index is 0.0360. The molecule has 1 aromatic carbocycles. The average Bonchev–Trinajstić information content (AvgIpc) is 2.16. The van der Waals surface area contributed by atoms with Crippen LogP contribution in [0, 0.1) is 0 Å². The van der Waals surface area contributed by atoms with E-state index in [9.17, 15) is 8.78 Å². The molecule has 0 atom stereocenters. The van der Waals surface area contributed by atoms with E-state index in [0.717, 1.165) is 0 Å². The van der Waals surface area contributed by atoms with Crippen LogP contribution in [0.1, 0.15) is 17.6 Å². The fraction of sp³-hybridized carbons (Fsp3) is 0.200. The van der Waals surface area contributed by atoms with E-state index in [0.29, 0.717) is 17.1 Å². The normalized spacial score (nSPS) is 11.5. The van der Waals surface area contributed by atoms with E-state index in [1.165, 1.54) is 18.2 Å². The van der Waals surface area contributed by atoms with E-state index in [4.69, 9.17) is 17.3 Å². The van der Waals surface area contributed by atoms with Gasteiger partial charge in [0, 0.05) is 17.1 Å². The van der Waals surface area contributed by atoms with Crippen molar-refractivity contribution >= 4 is 17.7 Å². The van der Waals surface area contributed by atoms with E-state index >= 15 is 0 Å². The lowest BCUT2D eigenvalue weighted by Crippen LogP contribution is -1.92. The van der Waals surface area contributed by atoms with E-state index in [1.54, 1.807) is 12.2 Å². The summed E-state index contributed by atoms with van der Waals surface area (Å²) in [5.74, 6) is 0. The van der Waals surface area contributed by atoms with Crippen LogP contribution in [0.4, 0.5) is 8.78 Å². The van der Waals surface area contributed by atoms with Crippen molar-refractivity contribution in [3.05, 3.63) is 40.4 Å².